The Morgan fingerprint density at radius 1 is 1.39 bits per heavy atom. The van der Waals surface area contributed by atoms with E-state index in [1.54, 1.807) is 0 Å². The topological polar surface area (TPSA) is 58.6 Å². The summed E-state index contributed by atoms with van der Waals surface area (Å²) in [7, 11) is 0. The van der Waals surface area contributed by atoms with Crippen LogP contribution in [0.4, 0.5) is 0 Å². The van der Waals surface area contributed by atoms with Gasteiger partial charge in [0.2, 0.25) is 0 Å². The van der Waals surface area contributed by atoms with Crippen molar-refractivity contribution in [1.82, 2.24) is 5.32 Å². The molecule has 4 heteroatoms. The third-order valence-electron chi connectivity index (χ3n) is 2.66. The first kappa shape index (κ1) is 14.7. The maximum Gasteiger partial charge on any atom is 0.332 e. The monoisotopic (exact) mass is 251 g/mol. The number of carbonyl (C=O) groups is 1. The molecule has 2 N–H and O–H groups in total. The Bertz CT molecular complexity index is 340. The SMILES string of the molecule is CCNCCOC(CCc1ccccc1)C(=O)O. The van der Waals surface area contributed by atoms with Gasteiger partial charge in [-0.2, -0.15) is 0 Å². The largest absolute Gasteiger partial charge is 0.479 e. The molecule has 0 aliphatic carbocycles. The fourth-order valence-corrected chi connectivity index (χ4v) is 1.67. The van der Waals surface area contributed by atoms with Crippen molar-refractivity contribution < 1.29 is 14.6 Å². The van der Waals surface area contributed by atoms with Crippen LogP contribution in [0.3, 0.4) is 0 Å². The molecule has 1 aromatic rings. The van der Waals surface area contributed by atoms with Gasteiger partial charge in [0, 0.05) is 6.54 Å². The van der Waals surface area contributed by atoms with Crippen molar-refractivity contribution >= 4 is 5.97 Å². The first-order valence-electron chi connectivity index (χ1n) is 6.33. The summed E-state index contributed by atoms with van der Waals surface area (Å²) < 4.78 is 5.37. The van der Waals surface area contributed by atoms with E-state index in [1.807, 2.05) is 37.3 Å². The van der Waals surface area contributed by atoms with Gasteiger partial charge in [0.25, 0.3) is 0 Å². The Kier molecular flexibility index (Phi) is 7.06. The van der Waals surface area contributed by atoms with Gasteiger partial charge < -0.3 is 15.2 Å². The minimum atomic E-state index is -0.887. The van der Waals surface area contributed by atoms with Crippen LogP contribution in [0.25, 0.3) is 0 Å². The summed E-state index contributed by atoms with van der Waals surface area (Å²) in [6.07, 6.45) is 0.508. The number of ether oxygens (including phenoxy) is 1. The molecule has 0 aromatic heterocycles. The average Bonchev–Trinajstić information content (AvgIpc) is 2.38. The zero-order chi connectivity index (χ0) is 13.2. The number of aryl methyl sites for hydroxylation is 1. The second kappa shape index (κ2) is 8.66. The maximum atomic E-state index is 11.0. The quantitative estimate of drug-likeness (QED) is 0.656. The highest BCUT2D eigenvalue weighted by molar-refractivity contribution is 5.72. The molecule has 0 aliphatic heterocycles. The summed E-state index contributed by atoms with van der Waals surface area (Å²) in [4.78, 5) is 11.0. The second-order valence-electron chi connectivity index (χ2n) is 4.08. The van der Waals surface area contributed by atoms with Crippen LogP contribution < -0.4 is 5.32 Å². The Hall–Kier alpha value is -1.39. The van der Waals surface area contributed by atoms with Crippen molar-refractivity contribution in [2.75, 3.05) is 19.7 Å². The maximum absolute atomic E-state index is 11.0. The Morgan fingerprint density at radius 2 is 2.11 bits per heavy atom. The normalized spacial score (nSPS) is 12.3. The summed E-state index contributed by atoms with van der Waals surface area (Å²) in [5, 5.41) is 12.2. The minimum absolute atomic E-state index is 0.430. The molecule has 1 rings (SSSR count). The molecule has 0 amide bonds. The molecule has 0 saturated heterocycles. The van der Waals surface area contributed by atoms with Crippen LogP contribution in [0.5, 0.6) is 0 Å². The number of rotatable bonds is 9. The molecule has 0 spiro atoms. The molecule has 18 heavy (non-hydrogen) atoms. The van der Waals surface area contributed by atoms with E-state index >= 15 is 0 Å². The Labute approximate surface area is 108 Å². The molecule has 0 heterocycles. The zero-order valence-electron chi connectivity index (χ0n) is 10.8. The van der Waals surface area contributed by atoms with Gasteiger partial charge in [-0.05, 0) is 24.9 Å². The predicted octanol–water partition coefficient (Wildman–Crippen LogP) is 1.70. The van der Waals surface area contributed by atoms with Gasteiger partial charge in [0.05, 0.1) is 6.61 Å². The van der Waals surface area contributed by atoms with E-state index in [4.69, 9.17) is 9.84 Å². The van der Waals surface area contributed by atoms with E-state index in [1.165, 1.54) is 0 Å². The number of hydrogen-bond acceptors (Lipinski definition) is 3. The number of likely N-dealkylation sites (N-methyl/N-ethyl adjacent to an activating group) is 1. The van der Waals surface area contributed by atoms with Crippen molar-refractivity contribution in [3.8, 4) is 0 Å². The number of carboxylic acids is 1. The van der Waals surface area contributed by atoms with Gasteiger partial charge in [-0.25, -0.2) is 4.79 Å². The van der Waals surface area contributed by atoms with Crippen LogP contribution in [0, 0.1) is 0 Å². The summed E-state index contributed by atoms with van der Waals surface area (Å²) in [5.41, 5.74) is 1.14. The van der Waals surface area contributed by atoms with Crippen molar-refractivity contribution in [3.63, 3.8) is 0 Å². The van der Waals surface area contributed by atoms with Crippen LogP contribution in [0.15, 0.2) is 30.3 Å². The molecule has 1 unspecified atom stereocenters. The lowest BCUT2D eigenvalue weighted by molar-refractivity contribution is -0.150. The van der Waals surface area contributed by atoms with E-state index in [0.717, 1.165) is 18.5 Å². The molecule has 100 valence electrons. The molecule has 0 radical (unpaired) electrons. The predicted molar refractivity (Wildman–Crippen MR) is 70.7 cm³/mol. The Balaban J connectivity index is 2.32. The van der Waals surface area contributed by atoms with Crippen molar-refractivity contribution in [2.24, 2.45) is 0 Å². The van der Waals surface area contributed by atoms with E-state index in [-0.39, 0.29) is 0 Å². The molecular formula is C14H21NO3. The minimum Gasteiger partial charge on any atom is -0.479 e. The van der Waals surface area contributed by atoms with E-state index in [2.05, 4.69) is 5.32 Å². The van der Waals surface area contributed by atoms with Crippen LogP contribution in [0.1, 0.15) is 18.9 Å². The van der Waals surface area contributed by atoms with Gasteiger partial charge in [0.1, 0.15) is 0 Å². The number of nitrogens with one attached hydrogen (secondary N) is 1. The van der Waals surface area contributed by atoms with Gasteiger partial charge in [0.15, 0.2) is 6.10 Å². The third kappa shape index (κ3) is 5.80. The van der Waals surface area contributed by atoms with Gasteiger partial charge >= 0.3 is 5.97 Å². The summed E-state index contributed by atoms with van der Waals surface area (Å²) in [6, 6.07) is 9.86. The smallest absolute Gasteiger partial charge is 0.332 e. The van der Waals surface area contributed by atoms with E-state index < -0.39 is 12.1 Å². The lowest BCUT2D eigenvalue weighted by atomic mass is 10.1. The number of hydrogen-bond donors (Lipinski definition) is 2. The van der Waals surface area contributed by atoms with E-state index in [0.29, 0.717) is 19.6 Å². The first-order chi connectivity index (χ1) is 8.74. The Morgan fingerprint density at radius 3 is 2.72 bits per heavy atom. The van der Waals surface area contributed by atoms with Crippen LogP contribution in [-0.2, 0) is 16.0 Å². The molecule has 4 nitrogen and oxygen atoms in total. The highest BCUT2D eigenvalue weighted by atomic mass is 16.5. The van der Waals surface area contributed by atoms with Gasteiger partial charge in [-0.1, -0.05) is 37.3 Å². The summed E-state index contributed by atoms with van der Waals surface area (Å²) in [5.74, 6) is -0.887. The van der Waals surface area contributed by atoms with Crippen molar-refractivity contribution in [1.29, 1.82) is 0 Å². The molecular weight excluding hydrogens is 230 g/mol. The first-order valence-corrected chi connectivity index (χ1v) is 6.33. The number of benzene rings is 1. The fraction of sp³-hybridized carbons (Fsp3) is 0.500. The standard InChI is InChI=1S/C14H21NO3/c1-2-15-10-11-18-13(14(16)17)9-8-12-6-4-3-5-7-12/h3-7,13,15H,2,8-11H2,1H3,(H,16,17). The van der Waals surface area contributed by atoms with Crippen molar-refractivity contribution in [2.45, 2.75) is 25.9 Å². The van der Waals surface area contributed by atoms with Crippen LogP contribution >= 0.6 is 0 Å². The average molecular weight is 251 g/mol. The lowest BCUT2D eigenvalue weighted by Crippen LogP contribution is -2.28. The van der Waals surface area contributed by atoms with Crippen LogP contribution in [0.2, 0.25) is 0 Å². The molecule has 0 aliphatic rings. The molecule has 1 aromatic carbocycles. The summed E-state index contributed by atoms with van der Waals surface area (Å²) >= 11 is 0. The lowest BCUT2D eigenvalue weighted by Gasteiger charge is -2.13. The van der Waals surface area contributed by atoms with E-state index in [9.17, 15) is 4.79 Å². The zero-order valence-corrected chi connectivity index (χ0v) is 10.8. The third-order valence-corrected chi connectivity index (χ3v) is 2.66. The number of aliphatic carboxylic acids is 1. The fourth-order valence-electron chi connectivity index (χ4n) is 1.67. The second-order valence-corrected chi connectivity index (χ2v) is 4.08. The van der Waals surface area contributed by atoms with Crippen LogP contribution in [-0.4, -0.2) is 36.9 Å². The number of carboxylic acid groups (broad SMARTS) is 1. The molecule has 0 saturated carbocycles. The highest BCUT2D eigenvalue weighted by Crippen LogP contribution is 2.07. The van der Waals surface area contributed by atoms with Gasteiger partial charge in [-0.15, -0.1) is 0 Å². The summed E-state index contributed by atoms with van der Waals surface area (Å²) in [6.45, 7) is 3.99. The molecule has 1 atom stereocenters. The van der Waals surface area contributed by atoms with Crippen molar-refractivity contribution in [3.05, 3.63) is 35.9 Å². The molecule has 0 bridgehead atoms. The molecule has 0 fully saturated rings. The highest BCUT2D eigenvalue weighted by Gasteiger charge is 2.17. The van der Waals surface area contributed by atoms with Gasteiger partial charge in [-0.3, -0.25) is 0 Å².